The molecule has 14 heteroatoms. The second kappa shape index (κ2) is 13.5. The number of carbonyl (C=O) groups excluding carboxylic acids is 2. The van der Waals surface area contributed by atoms with Crippen LogP contribution in [0.4, 0.5) is 19.0 Å². The van der Waals surface area contributed by atoms with Gasteiger partial charge in [-0.05, 0) is 67.3 Å². The van der Waals surface area contributed by atoms with E-state index < -0.39 is 17.8 Å². The minimum Gasteiger partial charge on any atom is -0.433 e. The fraction of sp³-hybridized carbons (Fsp3) is 0.296. The lowest BCUT2D eigenvalue weighted by Crippen LogP contribution is -2.24. The Morgan fingerprint density at radius 1 is 1.02 bits per heavy atom. The number of alkyl halides is 2. The highest BCUT2D eigenvalue weighted by molar-refractivity contribution is 5.92. The number of unbranched alkanes of at least 4 members (excludes halogenated alkanes) is 1. The van der Waals surface area contributed by atoms with Crippen LogP contribution in [0.25, 0.3) is 0 Å². The lowest BCUT2D eigenvalue weighted by Gasteiger charge is -2.14. The number of nitrogens with one attached hydrogen (secondary N) is 2. The third kappa shape index (κ3) is 9.37. The van der Waals surface area contributed by atoms with E-state index in [1.165, 1.54) is 10.9 Å². The smallest absolute Gasteiger partial charge is 0.394 e. The van der Waals surface area contributed by atoms with E-state index in [0.29, 0.717) is 25.7 Å². The second-order valence-electron chi connectivity index (χ2n) is 9.16. The molecule has 2 N–H and O–H groups in total. The predicted octanol–water partition coefficient (Wildman–Crippen LogP) is 3.73. The van der Waals surface area contributed by atoms with Crippen LogP contribution >= 0.6 is 0 Å². The molecule has 0 aliphatic heterocycles. The van der Waals surface area contributed by atoms with Gasteiger partial charge >= 0.3 is 6.11 Å². The molecule has 0 bridgehead atoms. The molecule has 0 spiro atoms. The van der Waals surface area contributed by atoms with E-state index in [4.69, 9.17) is 0 Å². The van der Waals surface area contributed by atoms with Gasteiger partial charge in [-0.25, -0.2) is 4.39 Å². The molecule has 1 aromatic carbocycles. The van der Waals surface area contributed by atoms with Crippen molar-refractivity contribution in [2.45, 2.75) is 51.8 Å². The molecule has 3 aromatic heterocycles. The SMILES string of the molecule is CC(F)(F)Oc1ccc(F)c(CNC(=O)c2cn(CCCCc3ccc(NC(=O)Cc4ccncc4)nn3)nn2)c1. The zero-order valence-corrected chi connectivity index (χ0v) is 22.1. The molecule has 0 aliphatic carbocycles. The van der Waals surface area contributed by atoms with Crippen molar-refractivity contribution in [2.24, 2.45) is 0 Å². The number of nitrogens with zero attached hydrogens (tertiary/aromatic N) is 6. The number of hydrogen-bond acceptors (Lipinski definition) is 8. The van der Waals surface area contributed by atoms with Gasteiger partial charge in [0.25, 0.3) is 5.91 Å². The van der Waals surface area contributed by atoms with Gasteiger partial charge in [0.05, 0.1) is 18.3 Å². The van der Waals surface area contributed by atoms with Gasteiger partial charge in [0.2, 0.25) is 5.91 Å². The number of halogens is 3. The number of ether oxygens (including phenoxy) is 1. The van der Waals surface area contributed by atoms with E-state index in [2.05, 4.69) is 40.9 Å². The summed E-state index contributed by atoms with van der Waals surface area (Å²) in [5, 5.41) is 21.2. The highest BCUT2D eigenvalue weighted by Crippen LogP contribution is 2.23. The Morgan fingerprint density at radius 3 is 2.56 bits per heavy atom. The zero-order chi connectivity index (χ0) is 29.2. The summed E-state index contributed by atoms with van der Waals surface area (Å²) in [6.45, 7) is 0.816. The van der Waals surface area contributed by atoms with Crippen LogP contribution in [0.1, 0.15) is 47.1 Å². The highest BCUT2D eigenvalue weighted by atomic mass is 19.3. The summed E-state index contributed by atoms with van der Waals surface area (Å²) in [5.41, 5.74) is 1.62. The van der Waals surface area contributed by atoms with Crippen molar-refractivity contribution in [1.82, 2.24) is 35.5 Å². The lowest BCUT2D eigenvalue weighted by atomic mass is 10.2. The number of amides is 2. The maximum atomic E-state index is 14.0. The number of aromatic nitrogens is 6. The van der Waals surface area contributed by atoms with Crippen LogP contribution < -0.4 is 15.4 Å². The third-order valence-electron chi connectivity index (χ3n) is 5.70. The van der Waals surface area contributed by atoms with E-state index in [9.17, 15) is 22.8 Å². The molecule has 3 heterocycles. The van der Waals surface area contributed by atoms with Gasteiger partial charge in [-0.15, -0.1) is 10.2 Å². The average Bonchev–Trinajstić information content (AvgIpc) is 3.41. The molecular weight excluding hydrogens is 541 g/mol. The van der Waals surface area contributed by atoms with Crippen LogP contribution in [-0.2, 0) is 30.7 Å². The summed E-state index contributed by atoms with van der Waals surface area (Å²) in [7, 11) is 0. The molecule has 41 heavy (non-hydrogen) atoms. The standard InChI is InChI=1S/C27H27F3N8O3/c1-27(29,30)41-21-6-7-22(28)19(15-21)16-32-26(40)23-17-38(37-35-23)13-3-2-4-20-5-8-24(36-34-20)33-25(39)14-18-9-11-31-12-10-18/h5-12,15,17H,2-4,13-14,16H2,1H3,(H,32,40)(H,33,36,39). The van der Waals surface area contributed by atoms with Crippen molar-refractivity contribution in [3.63, 3.8) is 0 Å². The van der Waals surface area contributed by atoms with Gasteiger partial charge in [-0.3, -0.25) is 19.3 Å². The van der Waals surface area contributed by atoms with Crippen molar-refractivity contribution in [1.29, 1.82) is 0 Å². The van der Waals surface area contributed by atoms with Crippen LogP contribution in [0, 0.1) is 5.82 Å². The number of carbonyl (C=O) groups is 2. The monoisotopic (exact) mass is 568 g/mol. The molecule has 0 atom stereocenters. The van der Waals surface area contributed by atoms with Crippen molar-refractivity contribution in [2.75, 3.05) is 5.32 Å². The van der Waals surface area contributed by atoms with Crippen LogP contribution in [0.2, 0.25) is 0 Å². The molecule has 0 unspecified atom stereocenters. The first-order chi connectivity index (χ1) is 19.6. The second-order valence-corrected chi connectivity index (χ2v) is 9.16. The maximum Gasteiger partial charge on any atom is 0.394 e. The van der Waals surface area contributed by atoms with Gasteiger partial charge in [-0.2, -0.15) is 13.9 Å². The molecule has 0 fully saturated rings. The number of anilines is 1. The van der Waals surface area contributed by atoms with E-state index in [-0.39, 0.29) is 35.9 Å². The first-order valence-electron chi connectivity index (χ1n) is 12.7. The van der Waals surface area contributed by atoms with Crippen LogP contribution in [-0.4, -0.2) is 48.1 Å². The number of hydrogen-bond donors (Lipinski definition) is 2. The first kappa shape index (κ1) is 29.1. The molecule has 4 aromatic rings. The Bertz CT molecular complexity index is 1460. The van der Waals surface area contributed by atoms with Crippen molar-refractivity contribution in [3.05, 3.63) is 89.4 Å². The van der Waals surface area contributed by atoms with Crippen molar-refractivity contribution in [3.8, 4) is 5.75 Å². The molecule has 2 amide bonds. The zero-order valence-electron chi connectivity index (χ0n) is 22.1. The Morgan fingerprint density at radius 2 is 1.83 bits per heavy atom. The summed E-state index contributed by atoms with van der Waals surface area (Å²) < 4.78 is 46.1. The van der Waals surface area contributed by atoms with E-state index in [0.717, 1.165) is 42.3 Å². The number of aryl methyl sites for hydroxylation is 2. The fourth-order valence-corrected chi connectivity index (χ4v) is 3.75. The van der Waals surface area contributed by atoms with Crippen LogP contribution in [0.15, 0.2) is 61.1 Å². The number of benzene rings is 1. The quantitative estimate of drug-likeness (QED) is 0.233. The summed E-state index contributed by atoms with van der Waals surface area (Å²) in [6.07, 6.45) is 3.64. The van der Waals surface area contributed by atoms with Crippen molar-refractivity contribution < 1.29 is 27.5 Å². The predicted molar refractivity (Wildman–Crippen MR) is 140 cm³/mol. The topological polar surface area (TPSA) is 137 Å². The third-order valence-corrected chi connectivity index (χ3v) is 5.70. The fourth-order valence-electron chi connectivity index (χ4n) is 3.75. The maximum absolute atomic E-state index is 14.0. The molecule has 0 radical (unpaired) electrons. The highest BCUT2D eigenvalue weighted by Gasteiger charge is 2.23. The van der Waals surface area contributed by atoms with Crippen LogP contribution in [0.3, 0.4) is 0 Å². The molecule has 4 rings (SSSR count). The van der Waals surface area contributed by atoms with E-state index in [1.807, 2.05) is 0 Å². The van der Waals surface area contributed by atoms with Crippen molar-refractivity contribution >= 4 is 17.6 Å². The average molecular weight is 569 g/mol. The minimum absolute atomic E-state index is 0.0176. The summed E-state index contributed by atoms with van der Waals surface area (Å²) >= 11 is 0. The Balaban J connectivity index is 1.17. The molecule has 0 saturated carbocycles. The van der Waals surface area contributed by atoms with E-state index >= 15 is 0 Å². The van der Waals surface area contributed by atoms with E-state index in [1.54, 1.807) is 36.7 Å². The Hall–Kier alpha value is -4.88. The Kier molecular flexibility index (Phi) is 9.55. The summed E-state index contributed by atoms with van der Waals surface area (Å²) in [4.78, 5) is 28.5. The molecular formula is C27H27F3N8O3. The molecule has 11 nitrogen and oxygen atoms in total. The minimum atomic E-state index is -3.42. The van der Waals surface area contributed by atoms with Gasteiger partial charge in [-0.1, -0.05) is 5.21 Å². The lowest BCUT2D eigenvalue weighted by molar-refractivity contribution is -0.159. The Labute approximate surface area is 233 Å². The molecule has 0 saturated heterocycles. The van der Waals surface area contributed by atoms with Gasteiger partial charge in [0.1, 0.15) is 11.6 Å². The normalized spacial score (nSPS) is 11.2. The molecule has 0 aliphatic rings. The summed E-state index contributed by atoms with van der Waals surface area (Å²) in [5.74, 6) is -1.32. The van der Waals surface area contributed by atoms with Gasteiger partial charge < -0.3 is 15.4 Å². The van der Waals surface area contributed by atoms with Gasteiger partial charge in [0.15, 0.2) is 11.5 Å². The van der Waals surface area contributed by atoms with Gasteiger partial charge in [0, 0.05) is 38.0 Å². The van der Waals surface area contributed by atoms with Crippen LogP contribution in [0.5, 0.6) is 5.75 Å². The summed E-state index contributed by atoms with van der Waals surface area (Å²) in [6, 6.07) is 10.2. The molecule has 214 valence electrons. The first-order valence-corrected chi connectivity index (χ1v) is 12.7. The largest absolute Gasteiger partial charge is 0.433 e. The number of pyridine rings is 1. The number of rotatable bonds is 13.